The molecule has 88 valence electrons. The summed E-state index contributed by atoms with van der Waals surface area (Å²) in [5.74, 6) is 1.19. The predicted molar refractivity (Wildman–Crippen MR) is 67.0 cm³/mol. The summed E-state index contributed by atoms with van der Waals surface area (Å²) in [6.45, 7) is 0. The van der Waals surface area contributed by atoms with E-state index in [1.54, 1.807) is 36.9 Å². The first-order valence-electron chi connectivity index (χ1n) is 5.49. The molecule has 0 atom stereocenters. The van der Waals surface area contributed by atoms with Crippen molar-refractivity contribution in [3.63, 3.8) is 0 Å². The molecule has 0 saturated heterocycles. The van der Waals surface area contributed by atoms with Gasteiger partial charge in [0.15, 0.2) is 0 Å². The van der Waals surface area contributed by atoms with Gasteiger partial charge in [0.2, 0.25) is 0 Å². The summed E-state index contributed by atoms with van der Waals surface area (Å²) < 4.78 is 2.96. The zero-order chi connectivity index (χ0) is 12.4. The number of hydrogen-bond donors (Lipinski definition) is 0. The molecule has 0 amide bonds. The lowest BCUT2D eigenvalue weighted by Crippen LogP contribution is -2.22. The molecule has 5 nitrogen and oxygen atoms in total. The van der Waals surface area contributed by atoms with Gasteiger partial charge in [-0.2, -0.15) is 0 Å². The first-order chi connectivity index (χ1) is 8.86. The molecule has 18 heavy (non-hydrogen) atoms. The van der Waals surface area contributed by atoms with Gasteiger partial charge in [-0.25, -0.2) is 14.8 Å². The van der Waals surface area contributed by atoms with Crippen molar-refractivity contribution in [1.29, 1.82) is 0 Å². The van der Waals surface area contributed by atoms with Crippen molar-refractivity contribution in [3.8, 4) is 11.6 Å². The molecule has 0 aliphatic rings. The van der Waals surface area contributed by atoms with Crippen molar-refractivity contribution in [2.45, 2.75) is 0 Å². The van der Waals surface area contributed by atoms with Crippen LogP contribution >= 0.6 is 0 Å². The van der Waals surface area contributed by atoms with E-state index in [4.69, 9.17) is 0 Å². The van der Waals surface area contributed by atoms with Crippen molar-refractivity contribution in [3.05, 3.63) is 71.7 Å². The summed E-state index contributed by atoms with van der Waals surface area (Å²) in [4.78, 5) is 20.5. The average Bonchev–Trinajstić information content (AvgIpc) is 2.83. The maximum absolute atomic E-state index is 12.2. The quantitative estimate of drug-likeness (QED) is 0.678. The number of nitrogens with zero attached hydrogens (tertiary/aromatic N) is 4. The first kappa shape index (κ1) is 10.5. The van der Waals surface area contributed by atoms with Crippen LogP contribution < -0.4 is 5.69 Å². The zero-order valence-corrected chi connectivity index (χ0v) is 9.47. The third kappa shape index (κ3) is 1.71. The van der Waals surface area contributed by atoms with E-state index >= 15 is 0 Å². The monoisotopic (exact) mass is 238 g/mol. The van der Waals surface area contributed by atoms with Crippen molar-refractivity contribution in [2.75, 3.05) is 0 Å². The molecule has 0 radical (unpaired) electrons. The molecule has 0 unspecified atom stereocenters. The Hall–Kier alpha value is -2.69. The largest absolute Gasteiger partial charge is 0.339 e. The van der Waals surface area contributed by atoms with E-state index in [1.807, 2.05) is 24.3 Å². The van der Waals surface area contributed by atoms with E-state index in [-0.39, 0.29) is 5.69 Å². The molecule has 0 saturated carbocycles. The Kier molecular flexibility index (Phi) is 2.49. The molecular weight excluding hydrogens is 228 g/mol. The normalized spacial score (nSPS) is 10.4. The van der Waals surface area contributed by atoms with Crippen molar-refractivity contribution in [1.82, 2.24) is 19.1 Å². The highest BCUT2D eigenvalue weighted by Gasteiger charge is 2.07. The van der Waals surface area contributed by atoms with E-state index in [1.165, 1.54) is 9.13 Å². The first-order valence-corrected chi connectivity index (χ1v) is 5.49. The molecule has 3 aromatic heterocycles. The highest BCUT2D eigenvalue weighted by molar-refractivity contribution is 5.26. The Balaban J connectivity index is 2.12. The van der Waals surface area contributed by atoms with E-state index in [0.29, 0.717) is 11.6 Å². The summed E-state index contributed by atoms with van der Waals surface area (Å²) >= 11 is 0. The Morgan fingerprint density at radius 1 is 0.778 bits per heavy atom. The molecule has 0 aliphatic heterocycles. The molecule has 0 aliphatic carbocycles. The van der Waals surface area contributed by atoms with Gasteiger partial charge < -0.3 is 0 Å². The summed E-state index contributed by atoms with van der Waals surface area (Å²) in [6, 6.07) is 10.9. The second kappa shape index (κ2) is 4.29. The van der Waals surface area contributed by atoms with Crippen LogP contribution in [-0.2, 0) is 0 Å². The van der Waals surface area contributed by atoms with E-state index in [0.717, 1.165) is 0 Å². The van der Waals surface area contributed by atoms with Crippen LogP contribution in [-0.4, -0.2) is 19.1 Å². The molecule has 0 fully saturated rings. The summed E-state index contributed by atoms with van der Waals surface area (Å²) in [5.41, 5.74) is -0.188. The fourth-order valence-corrected chi connectivity index (χ4v) is 1.72. The molecule has 3 aromatic rings. The second-order valence-corrected chi connectivity index (χ2v) is 3.70. The highest BCUT2D eigenvalue weighted by Crippen LogP contribution is 2.03. The topological polar surface area (TPSA) is 52.7 Å². The zero-order valence-electron chi connectivity index (χ0n) is 9.47. The standard InChI is InChI=1S/C13H10N4O/c18-13-16(11-5-1-3-7-14-11)9-10-17(13)12-6-2-4-8-15-12/h1-10H. The Morgan fingerprint density at radius 3 is 1.67 bits per heavy atom. The molecule has 5 heteroatoms. The van der Waals surface area contributed by atoms with Crippen LogP contribution in [0.4, 0.5) is 0 Å². The van der Waals surface area contributed by atoms with Crippen LogP contribution in [0.3, 0.4) is 0 Å². The minimum atomic E-state index is -0.188. The minimum absolute atomic E-state index is 0.188. The number of hydrogen-bond acceptors (Lipinski definition) is 3. The maximum atomic E-state index is 12.2. The Bertz CT molecular complexity index is 641. The predicted octanol–water partition coefficient (Wildman–Crippen LogP) is 1.42. The van der Waals surface area contributed by atoms with Crippen molar-refractivity contribution in [2.24, 2.45) is 0 Å². The van der Waals surface area contributed by atoms with Crippen molar-refractivity contribution >= 4 is 0 Å². The Morgan fingerprint density at radius 2 is 1.28 bits per heavy atom. The molecule has 0 bridgehead atoms. The van der Waals surface area contributed by atoms with Gasteiger partial charge >= 0.3 is 5.69 Å². The summed E-state index contributed by atoms with van der Waals surface area (Å²) in [7, 11) is 0. The van der Waals surface area contributed by atoms with E-state index in [9.17, 15) is 4.79 Å². The van der Waals surface area contributed by atoms with Crippen LogP contribution in [0.1, 0.15) is 0 Å². The lowest BCUT2D eigenvalue weighted by molar-refractivity contribution is 0.866. The Labute approximate surface area is 103 Å². The van der Waals surface area contributed by atoms with Gasteiger partial charge in [-0.15, -0.1) is 0 Å². The fourth-order valence-electron chi connectivity index (χ4n) is 1.72. The van der Waals surface area contributed by atoms with Crippen LogP contribution in [0.5, 0.6) is 0 Å². The van der Waals surface area contributed by atoms with Gasteiger partial charge in [-0.05, 0) is 24.3 Å². The average molecular weight is 238 g/mol. The number of aromatic nitrogens is 4. The summed E-state index contributed by atoms with van der Waals surface area (Å²) in [6.07, 6.45) is 6.67. The molecule has 3 heterocycles. The number of imidazole rings is 1. The van der Waals surface area contributed by atoms with Gasteiger partial charge in [0.1, 0.15) is 11.6 Å². The van der Waals surface area contributed by atoms with Gasteiger partial charge in [-0.1, -0.05) is 12.1 Å². The lowest BCUT2D eigenvalue weighted by Gasteiger charge is -2.00. The number of pyridine rings is 2. The lowest BCUT2D eigenvalue weighted by atomic mass is 10.4. The van der Waals surface area contributed by atoms with Gasteiger partial charge in [0.25, 0.3) is 0 Å². The molecule has 0 aromatic carbocycles. The highest BCUT2D eigenvalue weighted by atomic mass is 16.1. The second-order valence-electron chi connectivity index (χ2n) is 3.70. The van der Waals surface area contributed by atoms with Crippen LogP contribution in [0.15, 0.2) is 66.0 Å². The van der Waals surface area contributed by atoms with Crippen LogP contribution in [0.25, 0.3) is 11.6 Å². The molecule has 0 spiro atoms. The SMILES string of the molecule is O=c1n(-c2ccccn2)ccn1-c1ccccn1. The van der Waals surface area contributed by atoms with Crippen molar-refractivity contribution < 1.29 is 0 Å². The maximum Gasteiger partial charge on any atom is 0.339 e. The minimum Gasteiger partial charge on any atom is -0.251 e. The molecule has 0 N–H and O–H groups in total. The molecular formula is C13H10N4O. The van der Waals surface area contributed by atoms with Crippen LogP contribution in [0, 0.1) is 0 Å². The third-order valence-corrected chi connectivity index (χ3v) is 2.57. The van der Waals surface area contributed by atoms with Gasteiger partial charge in [-0.3, -0.25) is 9.13 Å². The number of rotatable bonds is 2. The van der Waals surface area contributed by atoms with Crippen LogP contribution in [0.2, 0.25) is 0 Å². The smallest absolute Gasteiger partial charge is 0.251 e. The molecule has 3 rings (SSSR count). The van der Waals surface area contributed by atoms with Gasteiger partial charge in [0.05, 0.1) is 0 Å². The van der Waals surface area contributed by atoms with E-state index in [2.05, 4.69) is 9.97 Å². The summed E-state index contributed by atoms with van der Waals surface area (Å²) in [5, 5.41) is 0. The fraction of sp³-hybridized carbons (Fsp3) is 0. The van der Waals surface area contributed by atoms with E-state index < -0.39 is 0 Å². The third-order valence-electron chi connectivity index (χ3n) is 2.57. The van der Waals surface area contributed by atoms with Gasteiger partial charge in [0, 0.05) is 24.8 Å².